The number of hydrogen-bond acceptors (Lipinski definition) is 6. The molecule has 6 nitrogen and oxygen atoms in total. The van der Waals surface area contributed by atoms with E-state index in [0.29, 0.717) is 0 Å². The molecule has 0 amide bonds. The summed E-state index contributed by atoms with van der Waals surface area (Å²) in [5.41, 5.74) is 0. The van der Waals surface area contributed by atoms with E-state index in [1.165, 1.54) is 0 Å². The molecule has 0 saturated carbocycles. The fourth-order valence-corrected chi connectivity index (χ4v) is 1.09. The normalized spacial score (nSPS) is 13.1. The minimum absolute atomic E-state index is 0. The fourth-order valence-electron chi connectivity index (χ4n) is 1.09. The van der Waals surface area contributed by atoms with Crippen molar-refractivity contribution in [2.24, 2.45) is 11.8 Å². The zero-order chi connectivity index (χ0) is 14.9. The second kappa shape index (κ2) is 13.1. The van der Waals surface area contributed by atoms with Crippen molar-refractivity contribution in [2.45, 2.75) is 52.7 Å². The van der Waals surface area contributed by atoms with Crippen LogP contribution in [-0.4, -0.2) is 72.1 Å². The Kier molecular flexibility index (Phi) is 16.7. The van der Waals surface area contributed by atoms with Crippen LogP contribution in [0.4, 0.5) is 0 Å². The molecule has 19 heavy (non-hydrogen) atoms. The molecule has 2 atom stereocenters. The van der Waals surface area contributed by atoms with Gasteiger partial charge in [0, 0.05) is 0 Å². The van der Waals surface area contributed by atoms with Gasteiger partial charge in [0.1, 0.15) is 0 Å². The van der Waals surface area contributed by atoms with Gasteiger partial charge in [-0.3, -0.25) is 0 Å². The molecule has 7 heteroatoms. The van der Waals surface area contributed by atoms with Gasteiger partial charge in [-0.15, -0.1) is 0 Å². The maximum absolute atomic E-state index is 9.87. The number of carbonyl (C=O) groups is 2. The number of aliphatic carboxylic acids is 2. The summed E-state index contributed by atoms with van der Waals surface area (Å²) >= 11 is 0. The molecular formula is C12H22CaO6. The van der Waals surface area contributed by atoms with Crippen LogP contribution in [0, 0.1) is 11.8 Å². The van der Waals surface area contributed by atoms with E-state index >= 15 is 0 Å². The van der Waals surface area contributed by atoms with Crippen LogP contribution in [0.15, 0.2) is 0 Å². The molecule has 108 valence electrons. The third-order valence-corrected chi connectivity index (χ3v) is 1.93. The van der Waals surface area contributed by atoms with Crippen molar-refractivity contribution in [3.8, 4) is 0 Å². The van der Waals surface area contributed by atoms with Crippen LogP contribution >= 0.6 is 0 Å². The molecule has 1 unspecified atom stereocenters. The largest absolute Gasteiger partial charge is 2.00 e. The first-order valence-corrected chi connectivity index (χ1v) is 5.85. The Morgan fingerprint density at radius 3 is 1.11 bits per heavy atom. The quantitative estimate of drug-likeness (QED) is 0.543. The molecule has 2 N–H and O–H groups in total. The van der Waals surface area contributed by atoms with Gasteiger partial charge in [-0.2, -0.15) is 0 Å². The van der Waals surface area contributed by atoms with E-state index in [-0.39, 0.29) is 62.4 Å². The molecule has 0 aromatic rings. The Labute approximate surface area is 143 Å². The molecule has 0 aromatic carbocycles. The second-order valence-corrected chi connectivity index (χ2v) is 4.93. The summed E-state index contributed by atoms with van der Waals surface area (Å²) in [5, 5.41) is 37.0. The van der Waals surface area contributed by atoms with Gasteiger partial charge in [-0.1, -0.05) is 27.7 Å². The standard InChI is InChI=1S/2C6H12O3.Ca/c2*1-4(2)3-5(7)6(8)9;/h2*4-5,7H,3H2,1-2H3,(H,8,9);/q;;+2/p-2/t5-;;/m0../s1. The van der Waals surface area contributed by atoms with Crippen LogP contribution in [0.2, 0.25) is 0 Å². The topological polar surface area (TPSA) is 121 Å². The van der Waals surface area contributed by atoms with Crippen LogP contribution in [0.1, 0.15) is 40.5 Å². The van der Waals surface area contributed by atoms with E-state index < -0.39 is 24.1 Å². The Morgan fingerprint density at radius 2 is 1.05 bits per heavy atom. The summed E-state index contributed by atoms with van der Waals surface area (Å²) in [6, 6.07) is 0. The van der Waals surface area contributed by atoms with Gasteiger partial charge < -0.3 is 30.0 Å². The SMILES string of the molecule is CC(C)CC(O)C(=O)[O-].CC(C)C[C@H](O)C(=O)[O-].[Ca+2]. The Bertz CT molecular complexity index is 229. The fraction of sp³-hybridized carbons (Fsp3) is 0.833. The zero-order valence-corrected chi connectivity index (χ0v) is 14.2. The Morgan fingerprint density at radius 1 is 0.842 bits per heavy atom. The van der Waals surface area contributed by atoms with E-state index in [1.807, 2.05) is 27.7 Å². The number of aliphatic hydroxyl groups is 2. The molecule has 0 rings (SSSR count). The van der Waals surface area contributed by atoms with E-state index in [2.05, 4.69) is 0 Å². The third-order valence-electron chi connectivity index (χ3n) is 1.93. The predicted molar refractivity (Wildman–Crippen MR) is 66.7 cm³/mol. The minimum Gasteiger partial charge on any atom is -0.547 e. The van der Waals surface area contributed by atoms with Crippen molar-refractivity contribution in [1.82, 2.24) is 0 Å². The average molecular weight is 302 g/mol. The number of carboxylic acid groups (broad SMARTS) is 2. The smallest absolute Gasteiger partial charge is 0.547 e. The first kappa shape index (κ1) is 24.2. The predicted octanol–water partition coefficient (Wildman–Crippen LogP) is -2.09. The van der Waals surface area contributed by atoms with Gasteiger partial charge in [0.2, 0.25) is 0 Å². The zero-order valence-electron chi connectivity index (χ0n) is 12.0. The van der Waals surface area contributed by atoms with Gasteiger partial charge in [0.15, 0.2) is 0 Å². The van der Waals surface area contributed by atoms with Crippen LogP contribution in [0.5, 0.6) is 0 Å². The summed E-state index contributed by atoms with van der Waals surface area (Å²) in [6.45, 7) is 7.36. The molecule has 0 heterocycles. The van der Waals surface area contributed by atoms with Crippen LogP contribution in [0.3, 0.4) is 0 Å². The van der Waals surface area contributed by atoms with E-state index in [0.717, 1.165) is 0 Å². The number of aliphatic hydroxyl groups excluding tert-OH is 2. The van der Waals surface area contributed by atoms with Crippen LogP contribution in [-0.2, 0) is 9.59 Å². The molecule has 0 aliphatic rings. The maximum Gasteiger partial charge on any atom is 2.00 e. The molecule has 0 fully saturated rings. The second-order valence-electron chi connectivity index (χ2n) is 4.93. The van der Waals surface area contributed by atoms with E-state index in [1.54, 1.807) is 0 Å². The Balaban J connectivity index is -0.000000256. The number of hydrogen-bond donors (Lipinski definition) is 2. The van der Waals surface area contributed by atoms with Crippen LogP contribution < -0.4 is 10.2 Å². The van der Waals surface area contributed by atoms with Gasteiger partial charge in [-0.05, 0) is 24.7 Å². The van der Waals surface area contributed by atoms with Gasteiger partial charge >= 0.3 is 37.7 Å². The van der Waals surface area contributed by atoms with E-state index in [9.17, 15) is 19.8 Å². The number of carboxylic acids is 2. The van der Waals surface area contributed by atoms with Crippen molar-refractivity contribution in [1.29, 1.82) is 0 Å². The summed E-state index contributed by atoms with van der Waals surface area (Å²) in [5.74, 6) is -2.39. The number of rotatable bonds is 6. The first-order chi connectivity index (χ1) is 8.07. The summed E-state index contributed by atoms with van der Waals surface area (Å²) in [6.07, 6.45) is -2.07. The van der Waals surface area contributed by atoms with Crippen molar-refractivity contribution in [3.63, 3.8) is 0 Å². The monoisotopic (exact) mass is 302 g/mol. The molecule has 0 aliphatic carbocycles. The molecule has 0 bridgehead atoms. The average Bonchev–Trinajstić information content (AvgIpc) is 2.16. The number of carbonyl (C=O) groups excluding carboxylic acids is 2. The van der Waals surface area contributed by atoms with Crippen molar-refractivity contribution >= 4 is 49.7 Å². The maximum atomic E-state index is 9.87. The van der Waals surface area contributed by atoms with Gasteiger partial charge in [-0.25, -0.2) is 0 Å². The summed E-state index contributed by atoms with van der Waals surface area (Å²) in [7, 11) is 0. The molecule has 0 spiro atoms. The molecule has 0 aromatic heterocycles. The molecule has 0 radical (unpaired) electrons. The molecule has 0 aliphatic heterocycles. The van der Waals surface area contributed by atoms with Crippen molar-refractivity contribution < 1.29 is 30.0 Å². The van der Waals surface area contributed by atoms with E-state index in [4.69, 9.17) is 10.2 Å². The van der Waals surface area contributed by atoms with Crippen molar-refractivity contribution in [3.05, 3.63) is 0 Å². The first-order valence-electron chi connectivity index (χ1n) is 5.85. The summed E-state index contributed by atoms with van der Waals surface area (Å²) < 4.78 is 0. The molecular weight excluding hydrogens is 280 g/mol. The summed E-state index contributed by atoms with van der Waals surface area (Å²) in [4.78, 5) is 19.7. The van der Waals surface area contributed by atoms with Crippen LogP contribution in [0.25, 0.3) is 0 Å². The molecule has 0 saturated heterocycles. The van der Waals surface area contributed by atoms with Gasteiger partial charge in [0.25, 0.3) is 0 Å². The van der Waals surface area contributed by atoms with Gasteiger partial charge in [0.05, 0.1) is 24.1 Å². The Hall–Kier alpha value is 0.120. The van der Waals surface area contributed by atoms with Crippen molar-refractivity contribution in [2.75, 3.05) is 0 Å². The minimum atomic E-state index is -1.39. The third kappa shape index (κ3) is 18.1.